The molecule has 0 bridgehead atoms. The van der Waals surface area contributed by atoms with Gasteiger partial charge in [0.1, 0.15) is 17.6 Å². The molecule has 1 atom stereocenters. The molecule has 0 N–H and O–H groups in total. The van der Waals surface area contributed by atoms with Gasteiger partial charge in [0.25, 0.3) is 0 Å². The molecule has 3 heterocycles. The lowest BCUT2D eigenvalue weighted by atomic mass is 9.98. The molecule has 3 rings (SSSR count). The summed E-state index contributed by atoms with van der Waals surface area (Å²) in [5.74, 6) is 1.40. The Morgan fingerprint density at radius 2 is 2.27 bits per heavy atom. The van der Waals surface area contributed by atoms with Crippen LogP contribution in [0.4, 0.5) is 5.82 Å². The number of aryl methyl sites for hydroxylation is 2. The Kier molecular flexibility index (Phi) is 4.39. The van der Waals surface area contributed by atoms with Crippen LogP contribution >= 0.6 is 11.3 Å². The van der Waals surface area contributed by atoms with Gasteiger partial charge in [-0.25, -0.2) is 9.97 Å². The summed E-state index contributed by atoms with van der Waals surface area (Å²) in [6, 6.07) is 6.20. The first-order valence-electron chi connectivity index (χ1n) is 7.78. The normalized spacial score (nSPS) is 18.2. The third-order valence-corrected chi connectivity index (χ3v) is 5.27. The molecular formula is C17H20N4S. The van der Waals surface area contributed by atoms with Crippen molar-refractivity contribution in [2.75, 3.05) is 18.0 Å². The van der Waals surface area contributed by atoms with Crippen LogP contribution in [-0.4, -0.2) is 23.1 Å². The van der Waals surface area contributed by atoms with Crippen molar-refractivity contribution >= 4 is 17.2 Å². The van der Waals surface area contributed by atoms with Gasteiger partial charge in [0.2, 0.25) is 0 Å². The first-order valence-corrected chi connectivity index (χ1v) is 8.66. The molecule has 1 unspecified atom stereocenters. The van der Waals surface area contributed by atoms with Gasteiger partial charge >= 0.3 is 0 Å². The Morgan fingerprint density at radius 1 is 1.41 bits per heavy atom. The van der Waals surface area contributed by atoms with Crippen molar-refractivity contribution in [1.29, 1.82) is 5.26 Å². The fraction of sp³-hybridized carbons (Fsp3) is 0.471. The van der Waals surface area contributed by atoms with E-state index in [9.17, 15) is 0 Å². The third kappa shape index (κ3) is 2.97. The number of piperidine rings is 1. The third-order valence-electron chi connectivity index (χ3n) is 4.21. The second kappa shape index (κ2) is 6.45. The standard InChI is InChI=1S/C17H20N4S/c1-3-14-11-22-17(19-14)13-5-4-8-21(10-13)16-7-6-12(2)15(9-18)20-16/h6-7,11,13H,3-5,8,10H2,1-2H3. The summed E-state index contributed by atoms with van der Waals surface area (Å²) in [5.41, 5.74) is 2.66. The van der Waals surface area contributed by atoms with E-state index in [0.29, 0.717) is 11.6 Å². The molecule has 0 spiro atoms. The number of anilines is 1. The molecule has 2 aromatic heterocycles. The van der Waals surface area contributed by atoms with Crippen molar-refractivity contribution in [3.05, 3.63) is 39.5 Å². The molecule has 2 aromatic rings. The highest BCUT2D eigenvalue weighted by Gasteiger charge is 2.24. The maximum absolute atomic E-state index is 9.16. The van der Waals surface area contributed by atoms with Gasteiger partial charge in [0, 0.05) is 24.4 Å². The Hall–Kier alpha value is -1.93. The van der Waals surface area contributed by atoms with Crippen LogP contribution in [0.25, 0.3) is 0 Å². The second-order valence-corrected chi connectivity index (χ2v) is 6.65. The lowest BCUT2D eigenvalue weighted by Crippen LogP contribution is -2.35. The summed E-state index contributed by atoms with van der Waals surface area (Å²) < 4.78 is 0. The Labute approximate surface area is 135 Å². The van der Waals surface area contributed by atoms with E-state index in [1.807, 2.05) is 19.1 Å². The van der Waals surface area contributed by atoms with E-state index in [1.165, 1.54) is 17.1 Å². The van der Waals surface area contributed by atoms with Gasteiger partial charge in [-0.3, -0.25) is 0 Å². The molecule has 114 valence electrons. The number of nitrogens with zero attached hydrogens (tertiary/aromatic N) is 4. The Bertz CT molecular complexity index is 701. The predicted molar refractivity (Wildman–Crippen MR) is 89.4 cm³/mol. The number of aromatic nitrogens is 2. The molecule has 0 saturated carbocycles. The number of rotatable bonds is 3. The summed E-state index contributed by atoms with van der Waals surface area (Å²) in [5, 5.41) is 12.6. The van der Waals surface area contributed by atoms with Gasteiger partial charge in [-0.1, -0.05) is 13.0 Å². The van der Waals surface area contributed by atoms with Gasteiger partial charge in [-0.15, -0.1) is 11.3 Å². The van der Waals surface area contributed by atoms with E-state index in [2.05, 4.69) is 28.3 Å². The van der Waals surface area contributed by atoms with E-state index in [-0.39, 0.29) is 0 Å². The van der Waals surface area contributed by atoms with Gasteiger partial charge in [0.05, 0.1) is 10.7 Å². The van der Waals surface area contributed by atoms with Gasteiger partial charge in [0.15, 0.2) is 0 Å². The minimum Gasteiger partial charge on any atom is -0.356 e. The summed E-state index contributed by atoms with van der Waals surface area (Å²) in [6.07, 6.45) is 3.32. The maximum atomic E-state index is 9.16. The average Bonchev–Trinajstić information content (AvgIpc) is 3.04. The molecule has 22 heavy (non-hydrogen) atoms. The van der Waals surface area contributed by atoms with Crippen LogP contribution in [0.2, 0.25) is 0 Å². The predicted octanol–water partition coefficient (Wildman–Crippen LogP) is 3.66. The van der Waals surface area contributed by atoms with Crippen LogP contribution in [0.5, 0.6) is 0 Å². The molecule has 0 aromatic carbocycles. The molecule has 0 aliphatic carbocycles. The van der Waals surface area contributed by atoms with Crippen molar-refractivity contribution in [3.8, 4) is 6.07 Å². The van der Waals surface area contributed by atoms with Crippen LogP contribution < -0.4 is 4.90 Å². The molecule has 1 saturated heterocycles. The van der Waals surface area contributed by atoms with Crippen LogP contribution in [-0.2, 0) is 6.42 Å². The van der Waals surface area contributed by atoms with E-state index < -0.39 is 0 Å². The number of pyridine rings is 1. The number of nitriles is 1. The molecule has 4 nitrogen and oxygen atoms in total. The Balaban J connectivity index is 1.79. The van der Waals surface area contributed by atoms with Crippen molar-refractivity contribution in [3.63, 3.8) is 0 Å². The monoisotopic (exact) mass is 312 g/mol. The topological polar surface area (TPSA) is 52.8 Å². The minimum atomic E-state index is 0.479. The fourth-order valence-electron chi connectivity index (χ4n) is 2.87. The quantitative estimate of drug-likeness (QED) is 0.868. The maximum Gasteiger partial charge on any atom is 0.145 e. The second-order valence-electron chi connectivity index (χ2n) is 5.76. The van der Waals surface area contributed by atoms with E-state index in [0.717, 1.165) is 37.3 Å². The van der Waals surface area contributed by atoms with E-state index in [4.69, 9.17) is 10.2 Å². The van der Waals surface area contributed by atoms with Crippen LogP contribution in [0, 0.1) is 18.3 Å². The highest BCUT2D eigenvalue weighted by molar-refractivity contribution is 7.09. The van der Waals surface area contributed by atoms with E-state index in [1.54, 1.807) is 11.3 Å². The van der Waals surface area contributed by atoms with Crippen molar-refractivity contribution in [2.45, 2.75) is 39.0 Å². The van der Waals surface area contributed by atoms with Crippen LogP contribution in [0.1, 0.15) is 47.6 Å². The zero-order valence-corrected chi connectivity index (χ0v) is 13.9. The first-order chi connectivity index (χ1) is 10.7. The SMILES string of the molecule is CCc1csc(C2CCCN(c3ccc(C)c(C#N)n3)C2)n1. The van der Waals surface area contributed by atoms with Crippen LogP contribution in [0.3, 0.4) is 0 Å². The first kappa shape index (κ1) is 15.0. The molecule has 1 fully saturated rings. The van der Waals surface area contributed by atoms with Gasteiger partial charge < -0.3 is 4.90 Å². The van der Waals surface area contributed by atoms with E-state index >= 15 is 0 Å². The lowest BCUT2D eigenvalue weighted by molar-refractivity contribution is 0.504. The highest BCUT2D eigenvalue weighted by Crippen LogP contribution is 2.31. The number of thiazole rings is 1. The summed E-state index contributed by atoms with van der Waals surface area (Å²) in [7, 11) is 0. The molecule has 0 amide bonds. The lowest BCUT2D eigenvalue weighted by Gasteiger charge is -2.32. The van der Waals surface area contributed by atoms with Crippen molar-refractivity contribution in [1.82, 2.24) is 9.97 Å². The number of hydrogen-bond donors (Lipinski definition) is 0. The highest BCUT2D eigenvalue weighted by atomic mass is 32.1. The molecule has 1 aliphatic rings. The van der Waals surface area contributed by atoms with Gasteiger partial charge in [-0.05, 0) is 37.8 Å². The average molecular weight is 312 g/mol. The smallest absolute Gasteiger partial charge is 0.145 e. The van der Waals surface area contributed by atoms with Crippen molar-refractivity contribution < 1.29 is 0 Å². The summed E-state index contributed by atoms with van der Waals surface area (Å²) >= 11 is 1.78. The molecule has 0 radical (unpaired) electrons. The Morgan fingerprint density at radius 3 is 3.00 bits per heavy atom. The molecular weight excluding hydrogens is 292 g/mol. The molecule has 1 aliphatic heterocycles. The molecule has 5 heteroatoms. The van der Waals surface area contributed by atoms with Crippen LogP contribution in [0.15, 0.2) is 17.5 Å². The summed E-state index contributed by atoms with van der Waals surface area (Å²) in [4.78, 5) is 11.6. The summed E-state index contributed by atoms with van der Waals surface area (Å²) in [6.45, 7) is 6.02. The number of hydrogen-bond acceptors (Lipinski definition) is 5. The largest absolute Gasteiger partial charge is 0.356 e. The van der Waals surface area contributed by atoms with Crippen molar-refractivity contribution in [2.24, 2.45) is 0 Å². The van der Waals surface area contributed by atoms with Gasteiger partial charge in [-0.2, -0.15) is 5.26 Å². The fourth-order valence-corrected chi connectivity index (χ4v) is 3.90. The zero-order valence-electron chi connectivity index (χ0n) is 13.0. The minimum absolute atomic E-state index is 0.479. The zero-order chi connectivity index (χ0) is 15.5.